The van der Waals surface area contributed by atoms with Crippen LogP contribution in [0.2, 0.25) is 0 Å². The molecule has 2 heteroatoms. The quantitative estimate of drug-likeness (QED) is 0.225. The molecule has 0 aromatic rings. The Morgan fingerprint density at radius 3 is 1.67 bits per heavy atom. The second-order valence-corrected chi connectivity index (χ2v) is 6.45. The van der Waals surface area contributed by atoms with Crippen molar-refractivity contribution < 1.29 is 9.90 Å². The maximum absolute atomic E-state index is 10.4. The van der Waals surface area contributed by atoms with Crippen LogP contribution in [-0.4, -0.2) is 11.1 Å². The molecular weight excluding hydrogens is 296 g/mol. The topological polar surface area (TPSA) is 37.3 Å². The van der Waals surface area contributed by atoms with Crippen LogP contribution in [0.4, 0.5) is 0 Å². The van der Waals surface area contributed by atoms with E-state index in [1.807, 2.05) is 0 Å². The molecule has 2 nitrogen and oxygen atoms in total. The van der Waals surface area contributed by atoms with Gasteiger partial charge in [0.25, 0.3) is 0 Å². The van der Waals surface area contributed by atoms with Crippen molar-refractivity contribution in [2.45, 2.75) is 96.8 Å². The maximum atomic E-state index is 10.4. The lowest BCUT2D eigenvalue weighted by atomic mass is 10.1. The average Bonchev–Trinajstić information content (AvgIpc) is 2.56. The molecule has 0 rings (SSSR count). The zero-order valence-electron chi connectivity index (χ0n) is 15.7. The smallest absolute Gasteiger partial charge is 0.303 e. The summed E-state index contributed by atoms with van der Waals surface area (Å²) in [5.41, 5.74) is 0. The number of carboxylic acids is 1. The van der Waals surface area contributed by atoms with Gasteiger partial charge < -0.3 is 5.11 Å². The number of rotatable bonds is 17. The fourth-order valence-electron chi connectivity index (χ4n) is 2.65. The second kappa shape index (κ2) is 19.7. The molecule has 24 heavy (non-hydrogen) atoms. The van der Waals surface area contributed by atoms with Crippen molar-refractivity contribution in [1.82, 2.24) is 0 Å². The molecule has 0 atom stereocenters. The van der Waals surface area contributed by atoms with E-state index in [2.05, 4.69) is 43.4 Å². The van der Waals surface area contributed by atoms with Crippen LogP contribution in [0, 0.1) is 0 Å². The fourth-order valence-corrected chi connectivity index (χ4v) is 2.65. The van der Waals surface area contributed by atoms with E-state index in [1.54, 1.807) is 0 Å². The third-order valence-corrected chi connectivity index (χ3v) is 4.12. The molecule has 0 saturated carbocycles. The minimum Gasteiger partial charge on any atom is -0.481 e. The second-order valence-electron chi connectivity index (χ2n) is 6.45. The predicted molar refractivity (Wildman–Crippen MR) is 105 cm³/mol. The Morgan fingerprint density at radius 2 is 1.12 bits per heavy atom. The monoisotopic (exact) mass is 334 g/mol. The van der Waals surface area contributed by atoms with E-state index in [-0.39, 0.29) is 0 Å². The molecule has 0 saturated heterocycles. The van der Waals surface area contributed by atoms with Crippen LogP contribution in [-0.2, 0) is 4.79 Å². The minimum atomic E-state index is -0.661. The van der Waals surface area contributed by atoms with Gasteiger partial charge in [0, 0.05) is 6.42 Å². The van der Waals surface area contributed by atoms with Crippen LogP contribution in [0.1, 0.15) is 96.8 Å². The third kappa shape index (κ3) is 20.7. The molecule has 0 fully saturated rings. The highest BCUT2D eigenvalue weighted by Crippen LogP contribution is 2.12. The Labute approximate surface area is 149 Å². The summed E-state index contributed by atoms with van der Waals surface area (Å²) in [6.07, 6.45) is 29.4. The van der Waals surface area contributed by atoms with Crippen molar-refractivity contribution in [1.29, 1.82) is 0 Å². The number of hydrogen-bond acceptors (Lipinski definition) is 1. The van der Waals surface area contributed by atoms with Gasteiger partial charge in [-0.25, -0.2) is 0 Å². The first kappa shape index (κ1) is 22.7. The van der Waals surface area contributed by atoms with Crippen molar-refractivity contribution in [3.05, 3.63) is 36.5 Å². The van der Waals surface area contributed by atoms with Gasteiger partial charge in [-0.05, 0) is 39.0 Å². The minimum absolute atomic E-state index is 0.334. The standard InChI is InChI=1S/C22H38O2/c1-2-3-4-5-6-7-8-9-10-11-12-13-14-15-16-17-18-19-20-21-22(23)24/h2-3,5-6,8-9H,4,7,10-21H2,1H3,(H,23,24). The zero-order valence-corrected chi connectivity index (χ0v) is 15.7. The predicted octanol–water partition coefficient (Wildman–Crippen LogP) is 7.22. The number of hydrogen-bond donors (Lipinski definition) is 1. The zero-order chi connectivity index (χ0) is 17.7. The molecule has 0 radical (unpaired) electrons. The summed E-state index contributed by atoms with van der Waals surface area (Å²) in [5, 5.41) is 8.55. The lowest BCUT2D eigenvalue weighted by molar-refractivity contribution is -0.137. The van der Waals surface area contributed by atoms with E-state index in [1.165, 1.54) is 57.8 Å². The van der Waals surface area contributed by atoms with Crippen molar-refractivity contribution in [3.63, 3.8) is 0 Å². The van der Waals surface area contributed by atoms with E-state index in [9.17, 15) is 4.79 Å². The molecule has 0 unspecified atom stereocenters. The Bertz CT molecular complexity index is 353. The van der Waals surface area contributed by atoms with Crippen LogP contribution >= 0.6 is 0 Å². The van der Waals surface area contributed by atoms with E-state index in [0.29, 0.717) is 6.42 Å². The van der Waals surface area contributed by atoms with E-state index < -0.39 is 5.97 Å². The van der Waals surface area contributed by atoms with Crippen LogP contribution in [0.3, 0.4) is 0 Å². The molecule has 0 aliphatic carbocycles. The summed E-state index contributed by atoms with van der Waals surface area (Å²) in [6.45, 7) is 2.05. The van der Waals surface area contributed by atoms with E-state index in [0.717, 1.165) is 25.7 Å². The Morgan fingerprint density at radius 1 is 0.667 bits per heavy atom. The van der Waals surface area contributed by atoms with Crippen LogP contribution < -0.4 is 0 Å². The van der Waals surface area contributed by atoms with E-state index in [4.69, 9.17) is 5.11 Å². The molecule has 0 aromatic carbocycles. The van der Waals surface area contributed by atoms with Gasteiger partial charge >= 0.3 is 5.97 Å². The number of unbranched alkanes of at least 4 members (excludes halogenated alkanes) is 10. The van der Waals surface area contributed by atoms with Crippen molar-refractivity contribution in [2.75, 3.05) is 0 Å². The molecule has 138 valence electrons. The van der Waals surface area contributed by atoms with Gasteiger partial charge in [-0.1, -0.05) is 87.8 Å². The maximum Gasteiger partial charge on any atom is 0.303 e. The summed E-state index contributed by atoms with van der Waals surface area (Å²) in [6, 6.07) is 0. The van der Waals surface area contributed by atoms with Gasteiger partial charge in [-0.15, -0.1) is 0 Å². The molecule has 1 N–H and O–H groups in total. The molecule has 0 aliphatic rings. The molecule has 0 bridgehead atoms. The molecule has 0 spiro atoms. The normalized spacial score (nSPS) is 12.0. The average molecular weight is 335 g/mol. The summed E-state index contributed by atoms with van der Waals surface area (Å²) in [5.74, 6) is -0.661. The number of carbonyl (C=O) groups is 1. The third-order valence-electron chi connectivity index (χ3n) is 4.12. The van der Waals surface area contributed by atoms with E-state index >= 15 is 0 Å². The van der Waals surface area contributed by atoms with Crippen molar-refractivity contribution in [2.24, 2.45) is 0 Å². The van der Waals surface area contributed by atoms with Gasteiger partial charge in [0.2, 0.25) is 0 Å². The molecule has 0 heterocycles. The lowest BCUT2D eigenvalue weighted by Gasteiger charge is -2.01. The highest BCUT2D eigenvalue weighted by molar-refractivity contribution is 5.66. The largest absolute Gasteiger partial charge is 0.481 e. The SMILES string of the molecule is CC=CCC=CCC=CCCCCCCCCCCCCC(=O)O. The number of carboxylic acid groups (broad SMARTS) is 1. The summed E-state index contributed by atoms with van der Waals surface area (Å²) in [4.78, 5) is 10.4. The van der Waals surface area contributed by atoms with Gasteiger partial charge in [-0.3, -0.25) is 4.79 Å². The van der Waals surface area contributed by atoms with Crippen LogP contribution in [0.25, 0.3) is 0 Å². The van der Waals surface area contributed by atoms with Gasteiger partial charge in [-0.2, -0.15) is 0 Å². The van der Waals surface area contributed by atoms with Crippen LogP contribution in [0.15, 0.2) is 36.5 Å². The highest BCUT2D eigenvalue weighted by atomic mass is 16.4. The van der Waals surface area contributed by atoms with Gasteiger partial charge in [0.15, 0.2) is 0 Å². The number of allylic oxidation sites excluding steroid dienone is 6. The van der Waals surface area contributed by atoms with Crippen molar-refractivity contribution >= 4 is 5.97 Å². The summed E-state index contributed by atoms with van der Waals surface area (Å²) < 4.78 is 0. The Kier molecular flexibility index (Phi) is 18.7. The molecule has 0 aromatic heterocycles. The number of aliphatic carboxylic acids is 1. The first-order chi connectivity index (χ1) is 11.8. The first-order valence-corrected chi connectivity index (χ1v) is 9.90. The van der Waals surface area contributed by atoms with Crippen molar-refractivity contribution in [3.8, 4) is 0 Å². The molecule has 0 aliphatic heterocycles. The van der Waals surface area contributed by atoms with Gasteiger partial charge in [0.05, 0.1) is 0 Å². The summed E-state index contributed by atoms with van der Waals surface area (Å²) in [7, 11) is 0. The highest BCUT2D eigenvalue weighted by Gasteiger charge is 1.96. The molecular formula is C22H38O2. The Hall–Kier alpha value is -1.31. The lowest BCUT2D eigenvalue weighted by Crippen LogP contribution is -1.93. The first-order valence-electron chi connectivity index (χ1n) is 9.90. The van der Waals surface area contributed by atoms with Crippen LogP contribution in [0.5, 0.6) is 0 Å². The fraction of sp³-hybridized carbons (Fsp3) is 0.682. The summed E-state index contributed by atoms with van der Waals surface area (Å²) >= 11 is 0. The molecule has 0 amide bonds. The Balaban J connectivity index is 3.14. The van der Waals surface area contributed by atoms with Gasteiger partial charge in [0.1, 0.15) is 0 Å².